The summed E-state index contributed by atoms with van der Waals surface area (Å²) in [6.45, 7) is 4.16. The van der Waals surface area contributed by atoms with Crippen molar-refractivity contribution in [1.29, 1.82) is 0 Å². The number of pyridine rings is 1. The lowest BCUT2D eigenvalue weighted by Gasteiger charge is -2.29. The van der Waals surface area contributed by atoms with Gasteiger partial charge in [-0.1, -0.05) is 22.0 Å². The van der Waals surface area contributed by atoms with Crippen molar-refractivity contribution in [2.45, 2.75) is 25.3 Å². The molecule has 0 aliphatic carbocycles. The highest BCUT2D eigenvalue weighted by Crippen LogP contribution is 2.38. The Morgan fingerprint density at radius 2 is 1.90 bits per heavy atom. The summed E-state index contributed by atoms with van der Waals surface area (Å²) in [6.07, 6.45) is 4.75. The van der Waals surface area contributed by atoms with Gasteiger partial charge in [0.15, 0.2) is 0 Å². The van der Waals surface area contributed by atoms with E-state index in [9.17, 15) is 4.79 Å². The zero-order valence-corrected chi connectivity index (χ0v) is 13.5. The Morgan fingerprint density at radius 1 is 1.14 bits per heavy atom. The van der Waals surface area contributed by atoms with Crippen molar-refractivity contribution in [1.82, 2.24) is 9.47 Å². The number of rotatable bonds is 2. The first-order valence-corrected chi connectivity index (χ1v) is 8.39. The lowest BCUT2D eigenvalue weighted by molar-refractivity contribution is 0.234. The number of hydrogen-bond donors (Lipinski definition) is 0. The lowest BCUT2D eigenvalue weighted by atomic mass is 9.98. The number of nitrogens with zero attached hydrogens (tertiary/aromatic N) is 2. The number of aromatic nitrogens is 1. The fourth-order valence-electron chi connectivity index (χ4n) is 3.73. The van der Waals surface area contributed by atoms with Gasteiger partial charge in [0.1, 0.15) is 0 Å². The molecule has 2 aliphatic heterocycles. The van der Waals surface area contributed by atoms with Crippen LogP contribution in [0.4, 0.5) is 0 Å². The maximum Gasteiger partial charge on any atom is 0.251 e. The standard InChI is InChI=1S/C17H18BrN2O/c18-14-6-4-12-5-7-15(21)20-11-13(16(14)17(12)20)10-19-8-2-1-3-9-19/h1,4-7,13H,2-3,8-11H2. The first-order valence-electron chi connectivity index (χ1n) is 7.60. The van der Waals surface area contributed by atoms with Crippen LogP contribution in [0, 0.1) is 6.42 Å². The Kier molecular flexibility index (Phi) is 3.38. The van der Waals surface area contributed by atoms with Crippen LogP contribution in [0.25, 0.3) is 10.9 Å². The minimum absolute atomic E-state index is 0.122. The summed E-state index contributed by atoms with van der Waals surface area (Å²) < 4.78 is 3.09. The molecule has 1 saturated heterocycles. The average molecular weight is 346 g/mol. The molecule has 1 aromatic carbocycles. The molecule has 1 unspecified atom stereocenters. The maximum atomic E-state index is 12.2. The Morgan fingerprint density at radius 3 is 2.71 bits per heavy atom. The molecule has 0 saturated carbocycles. The van der Waals surface area contributed by atoms with Crippen molar-refractivity contribution in [3.05, 3.63) is 51.1 Å². The molecule has 2 aromatic rings. The third kappa shape index (κ3) is 2.25. The van der Waals surface area contributed by atoms with Gasteiger partial charge in [-0.15, -0.1) is 0 Å². The number of piperidine rings is 1. The summed E-state index contributed by atoms with van der Waals surface area (Å²) in [5, 5.41) is 1.17. The quantitative estimate of drug-likeness (QED) is 0.835. The van der Waals surface area contributed by atoms with Gasteiger partial charge in [0, 0.05) is 29.5 Å². The van der Waals surface area contributed by atoms with Crippen LogP contribution in [0.1, 0.15) is 24.3 Å². The summed E-state index contributed by atoms with van der Waals surface area (Å²) in [5.74, 6) is 0.413. The summed E-state index contributed by atoms with van der Waals surface area (Å²) in [4.78, 5) is 14.7. The van der Waals surface area contributed by atoms with Gasteiger partial charge in [0.2, 0.25) is 0 Å². The molecule has 1 radical (unpaired) electrons. The molecule has 0 amide bonds. The van der Waals surface area contributed by atoms with Crippen LogP contribution < -0.4 is 5.56 Å². The first-order chi connectivity index (χ1) is 10.2. The molecule has 21 heavy (non-hydrogen) atoms. The number of halogens is 1. The van der Waals surface area contributed by atoms with E-state index in [0.29, 0.717) is 5.92 Å². The van der Waals surface area contributed by atoms with Gasteiger partial charge in [-0.2, -0.15) is 0 Å². The fourth-order valence-corrected chi connectivity index (χ4v) is 4.37. The second-order valence-electron chi connectivity index (χ2n) is 6.04. The minimum Gasteiger partial charge on any atom is -0.307 e. The molecule has 0 spiro atoms. The largest absolute Gasteiger partial charge is 0.307 e. The molecule has 0 bridgehead atoms. The molecular weight excluding hydrogens is 328 g/mol. The number of likely N-dealkylation sites (tertiary alicyclic amines) is 1. The van der Waals surface area contributed by atoms with Gasteiger partial charge in [0.25, 0.3) is 5.56 Å². The third-order valence-electron chi connectivity index (χ3n) is 4.73. The van der Waals surface area contributed by atoms with Crippen LogP contribution in [-0.4, -0.2) is 29.1 Å². The van der Waals surface area contributed by atoms with Crippen LogP contribution in [0.15, 0.2) is 33.5 Å². The molecule has 3 nitrogen and oxygen atoms in total. The van der Waals surface area contributed by atoms with E-state index in [4.69, 9.17) is 0 Å². The smallest absolute Gasteiger partial charge is 0.251 e. The fraction of sp³-hybridized carbons (Fsp3) is 0.412. The van der Waals surface area contributed by atoms with Gasteiger partial charge in [0.05, 0.1) is 5.52 Å². The predicted octanol–water partition coefficient (Wildman–Crippen LogP) is 3.16. The van der Waals surface area contributed by atoms with E-state index in [1.807, 2.05) is 10.6 Å². The van der Waals surface area contributed by atoms with E-state index < -0.39 is 0 Å². The Bertz CT molecular complexity index is 746. The van der Waals surface area contributed by atoms with Crippen molar-refractivity contribution < 1.29 is 0 Å². The van der Waals surface area contributed by atoms with Crippen LogP contribution >= 0.6 is 15.9 Å². The zero-order chi connectivity index (χ0) is 14.4. The summed E-state index contributed by atoms with van der Waals surface area (Å²) >= 11 is 3.70. The molecule has 2 aliphatic rings. The monoisotopic (exact) mass is 345 g/mol. The van der Waals surface area contributed by atoms with Gasteiger partial charge in [-0.05, 0) is 55.4 Å². The van der Waals surface area contributed by atoms with E-state index in [1.165, 1.54) is 23.8 Å². The zero-order valence-electron chi connectivity index (χ0n) is 11.9. The SMILES string of the molecule is O=c1ccc2ccc(Br)c3c2n1CC3CN1CC[CH]CC1. The predicted molar refractivity (Wildman–Crippen MR) is 88.6 cm³/mol. The van der Waals surface area contributed by atoms with Crippen LogP contribution in [-0.2, 0) is 6.54 Å². The Hall–Kier alpha value is -1.13. The third-order valence-corrected chi connectivity index (χ3v) is 5.42. The first kappa shape index (κ1) is 13.5. The lowest BCUT2D eigenvalue weighted by Crippen LogP contribution is -2.34. The molecule has 1 fully saturated rings. The van der Waals surface area contributed by atoms with Crippen molar-refractivity contribution in [3.63, 3.8) is 0 Å². The molecular formula is C17H18BrN2O. The topological polar surface area (TPSA) is 25.2 Å². The molecule has 1 atom stereocenters. The highest BCUT2D eigenvalue weighted by Gasteiger charge is 2.29. The molecule has 0 N–H and O–H groups in total. The second-order valence-corrected chi connectivity index (χ2v) is 6.90. The molecule has 109 valence electrons. The van der Waals surface area contributed by atoms with Crippen LogP contribution in [0.3, 0.4) is 0 Å². The summed E-state index contributed by atoms with van der Waals surface area (Å²) in [7, 11) is 0. The maximum absolute atomic E-state index is 12.2. The average Bonchev–Trinajstić information content (AvgIpc) is 2.88. The molecule has 1 aromatic heterocycles. The van der Waals surface area contributed by atoms with Gasteiger partial charge in [-0.25, -0.2) is 0 Å². The van der Waals surface area contributed by atoms with Crippen LogP contribution in [0.2, 0.25) is 0 Å². The van der Waals surface area contributed by atoms with Gasteiger partial charge < -0.3 is 9.47 Å². The van der Waals surface area contributed by atoms with Crippen molar-refractivity contribution in [3.8, 4) is 0 Å². The Balaban J connectivity index is 1.76. The highest BCUT2D eigenvalue weighted by atomic mass is 79.9. The van der Waals surface area contributed by atoms with E-state index in [0.717, 1.165) is 36.2 Å². The Labute approximate surface area is 132 Å². The van der Waals surface area contributed by atoms with Gasteiger partial charge >= 0.3 is 0 Å². The van der Waals surface area contributed by atoms with E-state index >= 15 is 0 Å². The van der Waals surface area contributed by atoms with Crippen molar-refractivity contribution in [2.75, 3.05) is 19.6 Å². The molecule has 3 heterocycles. The van der Waals surface area contributed by atoms with E-state index in [2.05, 4.69) is 39.4 Å². The summed E-state index contributed by atoms with van der Waals surface area (Å²) in [5.41, 5.74) is 2.57. The summed E-state index contributed by atoms with van der Waals surface area (Å²) in [6, 6.07) is 7.85. The van der Waals surface area contributed by atoms with E-state index in [1.54, 1.807) is 6.07 Å². The molecule has 4 heteroatoms. The van der Waals surface area contributed by atoms with Gasteiger partial charge in [-0.3, -0.25) is 4.79 Å². The normalized spacial score (nSPS) is 22.0. The van der Waals surface area contributed by atoms with Crippen molar-refractivity contribution in [2.24, 2.45) is 0 Å². The number of hydrogen-bond acceptors (Lipinski definition) is 2. The minimum atomic E-state index is 0.122. The van der Waals surface area contributed by atoms with Crippen LogP contribution in [0.5, 0.6) is 0 Å². The molecule has 4 rings (SSSR count). The van der Waals surface area contributed by atoms with Crippen molar-refractivity contribution >= 4 is 26.8 Å². The highest BCUT2D eigenvalue weighted by molar-refractivity contribution is 9.10. The number of benzene rings is 1. The second kappa shape index (κ2) is 5.25. The van der Waals surface area contributed by atoms with E-state index in [-0.39, 0.29) is 5.56 Å².